The van der Waals surface area contributed by atoms with Crippen molar-refractivity contribution in [3.05, 3.63) is 36.2 Å². The first-order chi connectivity index (χ1) is 6.61. The van der Waals surface area contributed by atoms with Gasteiger partial charge >= 0.3 is 5.97 Å². The number of aliphatic hydroxyl groups is 1. The van der Waals surface area contributed by atoms with Crippen LogP contribution in [0.1, 0.15) is 5.56 Å². The number of hydrogen-bond acceptors (Lipinski definition) is 4. The highest BCUT2D eigenvalue weighted by atomic mass is 16.4. The summed E-state index contributed by atoms with van der Waals surface area (Å²) in [5, 5.41) is 17.5. The Morgan fingerprint density at radius 2 is 2.07 bits per heavy atom. The molecule has 0 atom stereocenters. The number of ketones is 1. The second-order valence-electron chi connectivity index (χ2n) is 2.44. The Morgan fingerprint density at radius 3 is 2.57 bits per heavy atom. The summed E-state index contributed by atoms with van der Waals surface area (Å²) in [6, 6.07) is 3.07. The largest absolute Gasteiger partial charge is 0.507 e. The average molecular weight is 193 g/mol. The van der Waals surface area contributed by atoms with Crippen molar-refractivity contribution in [2.24, 2.45) is 0 Å². The number of carbonyl (C=O) groups is 2. The normalized spacial score (nSPS) is 11.0. The SMILES string of the molecule is O=C(O)C(=O)C=C(O)c1cccnc1. The smallest absolute Gasteiger partial charge is 0.376 e. The van der Waals surface area contributed by atoms with E-state index in [1.54, 1.807) is 6.07 Å². The Kier molecular flexibility index (Phi) is 2.96. The van der Waals surface area contributed by atoms with Crippen LogP contribution in [0.2, 0.25) is 0 Å². The second kappa shape index (κ2) is 4.18. The first-order valence-corrected chi connectivity index (χ1v) is 3.69. The Hall–Kier alpha value is -2.17. The van der Waals surface area contributed by atoms with Gasteiger partial charge in [-0.3, -0.25) is 9.78 Å². The van der Waals surface area contributed by atoms with Gasteiger partial charge < -0.3 is 10.2 Å². The van der Waals surface area contributed by atoms with Gasteiger partial charge in [0.15, 0.2) is 0 Å². The zero-order chi connectivity index (χ0) is 10.6. The molecule has 1 aromatic heterocycles. The number of aliphatic carboxylic acids is 1. The third kappa shape index (κ3) is 2.41. The molecule has 0 saturated carbocycles. The number of hydrogen-bond donors (Lipinski definition) is 2. The Balaban J connectivity index is 2.91. The van der Waals surface area contributed by atoms with Gasteiger partial charge in [-0.25, -0.2) is 4.79 Å². The fourth-order valence-electron chi connectivity index (χ4n) is 0.784. The maximum atomic E-state index is 10.7. The average Bonchev–Trinajstić information content (AvgIpc) is 2.19. The van der Waals surface area contributed by atoms with Crippen molar-refractivity contribution in [2.45, 2.75) is 0 Å². The summed E-state index contributed by atoms with van der Waals surface area (Å²) >= 11 is 0. The highest BCUT2D eigenvalue weighted by Gasteiger charge is 2.09. The molecule has 1 heterocycles. The molecule has 5 nitrogen and oxygen atoms in total. The van der Waals surface area contributed by atoms with Crippen molar-refractivity contribution in [3.8, 4) is 0 Å². The highest BCUT2D eigenvalue weighted by Crippen LogP contribution is 2.08. The molecule has 72 valence electrons. The van der Waals surface area contributed by atoms with Crippen LogP contribution < -0.4 is 0 Å². The number of nitrogens with zero attached hydrogens (tertiary/aromatic N) is 1. The topological polar surface area (TPSA) is 87.5 Å². The lowest BCUT2D eigenvalue weighted by molar-refractivity contribution is -0.146. The van der Waals surface area contributed by atoms with Gasteiger partial charge in [0.2, 0.25) is 0 Å². The predicted molar refractivity (Wildman–Crippen MR) is 47.5 cm³/mol. The van der Waals surface area contributed by atoms with E-state index < -0.39 is 17.5 Å². The van der Waals surface area contributed by atoms with Crippen LogP contribution >= 0.6 is 0 Å². The number of carbonyl (C=O) groups excluding carboxylic acids is 1. The molecule has 1 rings (SSSR count). The molecule has 0 aromatic carbocycles. The van der Waals surface area contributed by atoms with Crippen LogP contribution in [0.15, 0.2) is 30.6 Å². The standard InChI is InChI=1S/C9H7NO4/c11-7(4-8(12)9(13)14)6-2-1-3-10-5-6/h1-5,11H,(H,13,14). The third-order valence-corrected chi connectivity index (χ3v) is 1.44. The van der Waals surface area contributed by atoms with E-state index in [1.807, 2.05) is 0 Å². The van der Waals surface area contributed by atoms with Crippen LogP contribution in [-0.2, 0) is 9.59 Å². The maximum Gasteiger partial charge on any atom is 0.376 e. The molecule has 1 aromatic rings. The minimum absolute atomic E-state index is 0.294. The predicted octanol–water partition coefficient (Wildman–Crippen LogP) is 0.634. The maximum absolute atomic E-state index is 10.7. The molecule has 0 aliphatic rings. The molecule has 0 radical (unpaired) electrons. The zero-order valence-electron chi connectivity index (χ0n) is 7.04. The summed E-state index contributed by atoms with van der Waals surface area (Å²) in [7, 11) is 0. The molecule has 0 aliphatic heterocycles. The van der Waals surface area contributed by atoms with Crippen molar-refractivity contribution in [2.75, 3.05) is 0 Å². The van der Waals surface area contributed by atoms with E-state index in [9.17, 15) is 14.7 Å². The van der Waals surface area contributed by atoms with Gasteiger partial charge in [-0.2, -0.15) is 0 Å². The Labute approximate surface area is 79.3 Å². The summed E-state index contributed by atoms with van der Waals surface area (Å²) in [5.41, 5.74) is 0.294. The summed E-state index contributed by atoms with van der Waals surface area (Å²) in [6.07, 6.45) is 3.45. The molecule has 0 bridgehead atoms. The van der Waals surface area contributed by atoms with E-state index in [0.717, 1.165) is 0 Å². The Bertz CT molecular complexity index is 383. The van der Waals surface area contributed by atoms with Crippen LogP contribution in [0.5, 0.6) is 0 Å². The number of aliphatic hydroxyl groups excluding tert-OH is 1. The summed E-state index contributed by atoms with van der Waals surface area (Å²) in [5.74, 6) is -3.20. The summed E-state index contributed by atoms with van der Waals surface area (Å²) in [4.78, 5) is 24.5. The van der Waals surface area contributed by atoms with Crippen LogP contribution in [-0.4, -0.2) is 26.9 Å². The van der Waals surface area contributed by atoms with Crippen molar-refractivity contribution in [1.29, 1.82) is 0 Å². The van der Waals surface area contributed by atoms with Gasteiger partial charge in [0.25, 0.3) is 5.78 Å². The number of aromatic nitrogens is 1. The van der Waals surface area contributed by atoms with Crippen molar-refractivity contribution in [3.63, 3.8) is 0 Å². The monoisotopic (exact) mass is 193 g/mol. The molecule has 0 aliphatic carbocycles. The van der Waals surface area contributed by atoms with Crippen molar-refractivity contribution >= 4 is 17.5 Å². The number of rotatable bonds is 3. The fraction of sp³-hybridized carbons (Fsp3) is 0. The molecular formula is C9H7NO4. The zero-order valence-corrected chi connectivity index (χ0v) is 7.04. The number of carboxylic acid groups (broad SMARTS) is 1. The minimum Gasteiger partial charge on any atom is -0.507 e. The van der Waals surface area contributed by atoms with Crippen molar-refractivity contribution in [1.82, 2.24) is 4.98 Å². The molecule has 0 saturated heterocycles. The van der Waals surface area contributed by atoms with Gasteiger partial charge in [-0.15, -0.1) is 0 Å². The van der Waals surface area contributed by atoms with E-state index >= 15 is 0 Å². The van der Waals surface area contributed by atoms with E-state index in [-0.39, 0.29) is 0 Å². The Morgan fingerprint density at radius 1 is 1.36 bits per heavy atom. The van der Waals surface area contributed by atoms with Crippen LogP contribution in [0.4, 0.5) is 0 Å². The molecule has 0 spiro atoms. The summed E-state index contributed by atoms with van der Waals surface area (Å²) < 4.78 is 0. The molecule has 5 heteroatoms. The molecule has 0 unspecified atom stereocenters. The van der Waals surface area contributed by atoms with Gasteiger partial charge in [0.1, 0.15) is 5.76 Å². The van der Waals surface area contributed by atoms with Gasteiger partial charge in [0, 0.05) is 24.0 Å². The quantitative estimate of drug-likeness (QED) is 0.417. The molecular weight excluding hydrogens is 186 g/mol. The first kappa shape index (κ1) is 9.91. The lowest BCUT2D eigenvalue weighted by atomic mass is 10.2. The minimum atomic E-state index is -1.61. The fourth-order valence-corrected chi connectivity index (χ4v) is 0.784. The highest BCUT2D eigenvalue weighted by molar-refractivity contribution is 6.38. The summed E-state index contributed by atoms with van der Waals surface area (Å²) in [6.45, 7) is 0. The number of carboxylic acids is 1. The van der Waals surface area contributed by atoms with Crippen LogP contribution in [0.25, 0.3) is 5.76 Å². The molecule has 0 fully saturated rings. The van der Waals surface area contributed by atoms with E-state index in [1.165, 1.54) is 18.5 Å². The lowest BCUT2D eigenvalue weighted by Gasteiger charge is -1.96. The van der Waals surface area contributed by atoms with Crippen LogP contribution in [0.3, 0.4) is 0 Å². The molecule has 2 N–H and O–H groups in total. The van der Waals surface area contributed by atoms with Crippen LogP contribution in [0, 0.1) is 0 Å². The first-order valence-electron chi connectivity index (χ1n) is 3.69. The van der Waals surface area contributed by atoms with Gasteiger partial charge in [-0.05, 0) is 12.1 Å². The molecule has 0 amide bonds. The lowest BCUT2D eigenvalue weighted by Crippen LogP contribution is -2.09. The number of pyridine rings is 1. The van der Waals surface area contributed by atoms with E-state index in [4.69, 9.17) is 5.11 Å². The van der Waals surface area contributed by atoms with E-state index in [0.29, 0.717) is 11.6 Å². The second-order valence-corrected chi connectivity index (χ2v) is 2.44. The molecule has 14 heavy (non-hydrogen) atoms. The van der Waals surface area contributed by atoms with Crippen molar-refractivity contribution < 1.29 is 19.8 Å². The van der Waals surface area contributed by atoms with Gasteiger partial charge in [-0.1, -0.05) is 0 Å². The van der Waals surface area contributed by atoms with Gasteiger partial charge in [0.05, 0.1) is 0 Å². The third-order valence-electron chi connectivity index (χ3n) is 1.44. The van der Waals surface area contributed by atoms with E-state index in [2.05, 4.69) is 4.98 Å².